The first kappa shape index (κ1) is 18.0. The van der Waals surface area contributed by atoms with Gasteiger partial charge in [-0.05, 0) is 25.5 Å². The second-order valence-corrected chi connectivity index (χ2v) is 5.73. The lowest BCUT2D eigenvalue weighted by Gasteiger charge is -2.34. The maximum atomic E-state index is 11.7. The van der Waals surface area contributed by atoms with Gasteiger partial charge in [-0.15, -0.1) is 0 Å². The average Bonchev–Trinajstić information content (AvgIpc) is 2.61. The first-order valence-electron chi connectivity index (χ1n) is 8.56. The van der Waals surface area contributed by atoms with Crippen LogP contribution < -0.4 is 10.2 Å². The molecule has 7 heteroatoms. The third-order valence-corrected chi connectivity index (χ3v) is 3.92. The summed E-state index contributed by atoms with van der Waals surface area (Å²) in [5.74, 6) is 0.875. The van der Waals surface area contributed by atoms with Crippen molar-refractivity contribution in [1.82, 2.24) is 9.88 Å². The SMILES string of the molecule is CCCCC(=O)Nc1ccc(N2CCN(C(=O)OCC)CC2)nc1. The van der Waals surface area contributed by atoms with E-state index in [-0.39, 0.29) is 12.0 Å². The number of carbonyl (C=O) groups is 2. The van der Waals surface area contributed by atoms with Crippen LogP contribution in [0, 0.1) is 0 Å². The van der Waals surface area contributed by atoms with E-state index in [4.69, 9.17) is 4.74 Å². The van der Waals surface area contributed by atoms with Gasteiger partial charge in [-0.25, -0.2) is 9.78 Å². The fourth-order valence-corrected chi connectivity index (χ4v) is 2.54. The lowest BCUT2D eigenvalue weighted by Crippen LogP contribution is -2.49. The van der Waals surface area contributed by atoms with E-state index in [9.17, 15) is 9.59 Å². The highest BCUT2D eigenvalue weighted by Gasteiger charge is 2.22. The number of amides is 2. The van der Waals surface area contributed by atoms with Crippen LogP contribution in [0.15, 0.2) is 18.3 Å². The first-order valence-corrected chi connectivity index (χ1v) is 8.56. The molecule has 2 heterocycles. The van der Waals surface area contributed by atoms with Gasteiger partial charge in [0, 0.05) is 32.6 Å². The summed E-state index contributed by atoms with van der Waals surface area (Å²) in [5.41, 5.74) is 0.713. The lowest BCUT2D eigenvalue weighted by atomic mass is 10.2. The summed E-state index contributed by atoms with van der Waals surface area (Å²) in [6.45, 7) is 6.94. The van der Waals surface area contributed by atoms with Crippen LogP contribution in [0.5, 0.6) is 0 Å². The number of hydrogen-bond donors (Lipinski definition) is 1. The third kappa shape index (κ3) is 5.11. The molecule has 1 aromatic heterocycles. The molecule has 0 bridgehead atoms. The lowest BCUT2D eigenvalue weighted by molar-refractivity contribution is -0.116. The molecule has 0 atom stereocenters. The van der Waals surface area contributed by atoms with Gasteiger partial charge in [-0.2, -0.15) is 0 Å². The van der Waals surface area contributed by atoms with Crippen LogP contribution in [0.4, 0.5) is 16.3 Å². The van der Waals surface area contributed by atoms with E-state index < -0.39 is 0 Å². The molecule has 2 rings (SSSR count). The number of aromatic nitrogens is 1. The second kappa shape index (κ2) is 9.10. The monoisotopic (exact) mass is 334 g/mol. The normalized spacial score (nSPS) is 14.4. The number of hydrogen-bond acceptors (Lipinski definition) is 5. The molecule has 0 aliphatic carbocycles. The quantitative estimate of drug-likeness (QED) is 0.865. The molecular formula is C17H26N4O3. The van der Waals surface area contributed by atoms with Gasteiger partial charge in [0.05, 0.1) is 18.5 Å². The molecule has 1 aliphatic heterocycles. The van der Waals surface area contributed by atoms with Gasteiger partial charge in [0.1, 0.15) is 5.82 Å². The zero-order chi connectivity index (χ0) is 17.4. The molecule has 1 aliphatic rings. The highest BCUT2D eigenvalue weighted by atomic mass is 16.6. The average molecular weight is 334 g/mol. The Morgan fingerprint density at radius 3 is 2.54 bits per heavy atom. The molecule has 0 aromatic carbocycles. The van der Waals surface area contributed by atoms with Crippen molar-refractivity contribution in [3.63, 3.8) is 0 Å². The van der Waals surface area contributed by atoms with E-state index in [2.05, 4.69) is 22.1 Å². The van der Waals surface area contributed by atoms with Gasteiger partial charge in [0.25, 0.3) is 0 Å². The molecule has 0 unspecified atom stereocenters. The summed E-state index contributed by atoms with van der Waals surface area (Å²) in [6, 6.07) is 3.76. The van der Waals surface area contributed by atoms with Gasteiger partial charge >= 0.3 is 6.09 Å². The van der Waals surface area contributed by atoms with Crippen molar-refractivity contribution in [3.05, 3.63) is 18.3 Å². The Morgan fingerprint density at radius 1 is 1.21 bits per heavy atom. The number of ether oxygens (including phenoxy) is 1. The van der Waals surface area contributed by atoms with Crippen molar-refractivity contribution >= 4 is 23.5 Å². The summed E-state index contributed by atoms with van der Waals surface area (Å²) >= 11 is 0. The molecule has 0 saturated carbocycles. The molecule has 1 N–H and O–H groups in total. The largest absolute Gasteiger partial charge is 0.450 e. The van der Waals surface area contributed by atoms with Gasteiger partial charge in [0.2, 0.25) is 5.91 Å². The van der Waals surface area contributed by atoms with Crippen LogP contribution >= 0.6 is 0 Å². The van der Waals surface area contributed by atoms with Crippen molar-refractivity contribution < 1.29 is 14.3 Å². The number of unbranched alkanes of at least 4 members (excludes halogenated alkanes) is 1. The van der Waals surface area contributed by atoms with Crippen LogP contribution in [0.2, 0.25) is 0 Å². The topological polar surface area (TPSA) is 74.8 Å². The van der Waals surface area contributed by atoms with Crippen molar-refractivity contribution in [3.8, 4) is 0 Å². The number of rotatable bonds is 6. The van der Waals surface area contributed by atoms with Gasteiger partial charge < -0.3 is 19.9 Å². The summed E-state index contributed by atoms with van der Waals surface area (Å²) in [4.78, 5) is 31.7. The van der Waals surface area contributed by atoms with Crippen LogP contribution in [-0.4, -0.2) is 54.7 Å². The minimum atomic E-state index is -0.254. The highest BCUT2D eigenvalue weighted by molar-refractivity contribution is 5.90. The van der Waals surface area contributed by atoms with E-state index in [0.717, 1.165) is 18.7 Å². The minimum absolute atomic E-state index is 0.0226. The Balaban J connectivity index is 1.84. The maximum absolute atomic E-state index is 11.7. The Hall–Kier alpha value is -2.31. The molecule has 0 spiro atoms. The molecule has 0 radical (unpaired) electrons. The standard InChI is InChI=1S/C17H26N4O3/c1-3-5-6-16(22)19-14-7-8-15(18-13-14)20-9-11-21(12-10-20)17(23)24-4-2/h7-8,13H,3-6,9-12H2,1-2H3,(H,19,22). The maximum Gasteiger partial charge on any atom is 0.409 e. The number of anilines is 2. The zero-order valence-electron chi connectivity index (χ0n) is 14.5. The minimum Gasteiger partial charge on any atom is -0.450 e. The molecule has 24 heavy (non-hydrogen) atoms. The Kier molecular flexibility index (Phi) is 6.84. The van der Waals surface area contributed by atoms with Crippen LogP contribution in [0.3, 0.4) is 0 Å². The fourth-order valence-electron chi connectivity index (χ4n) is 2.54. The summed E-state index contributed by atoms with van der Waals surface area (Å²) in [5, 5.41) is 2.85. The van der Waals surface area contributed by atoms with E-state index in [1.54, 1.807) is 18.0 Å². The molecule has 1 fully saturated rings. The smallest absolute Gasteiger partial charge is 0.409 e. The third-order valence-electron chi connectivity index (χ3n) is 3.92. The number of piperazine rings is 1. The predicted molar refractivity (Wildman–Crippen MR) is 93.2 cm³/mol. The first-order chi connectivity index (χ1) is 11.6. The van der Waals surface area contributed by atoms with Crippen LogP contribution in [0.1, 0.15) is 33.1 Å². The molecule has 1 aromatic rings. The van der Waals surface area contributed by atoms with Crippen molar-refractivity contribution in [2.45, 2.75) is 33.1 Å². The van der Waals surface area contributed by atoms with Crippen molar-refractivity contribution in [2.75, 3.05) is 43.0 Å². The van der Waals surface area contributed by atoms with E-state index in [1.807, 2.05) is 12.1 Å². The Bertz CT molecular complexity index is 539. The van der Waals surface area contributed by atoms with Gasteiger partial charge in [0.15, 0.2) is 0 Å². The molecule has 132 valence electrons. The second-order valence-electron chi connectivity index (χ2n) is 5.73. The number of nitrogens with zero attached hydrogens (tertiary/aromatic N) is 3. The predicted octanol–water partition coefficient (Wildman–Crippen LogP) is 2.49. The van der Waals surface area contributed by atoms with E-state index in [0.29, 0.717) is 44.9 Å². The van der Waals surface area contributed by atoms with Crippen LogP contribution in [0.25, 0.3) is 0 Å². The summed E-state index contributed by atoms with van der Waals surface area (Å²) in [7, 11) is 0. The van der Waals surface area contributed by atoms with Gasteiger partial charge in [-0.3, -0.25) is 4.79 Å². The fraction of sp³-hybridized carbons (Fsp3) is 0.588. The molecule has 1 saturated heterocycles. The van der Waals surface area contributed by atoms with Crippen LogP contribution in [-0.2, 0) is 9.53 Å². The van der Waals surface area contributed by atoms with E-state index in [1.165, 1.54) is 0 Å². The van der Waals surface area contributed by atoms with Crippen molar-refractivity contribution in [1.29, 1.82) is 0 Å². The number of nitrogens with one attached hydrogen (secondary N) is 1. The Labute approximate surface area is 143 Å². The Morgan fingerprint density at radius 2 is 1.96 bits per heavy atom. The van der Waals surface area contributed by atoms with Gasteiger partial charge in [-0.1, -0.05) is 13.3 Å². The summed E-state index contributed by atoms with van der Waals surface area (Å²) in [6.07, 6.45) is 3.85. The summed E-state index contributed by atoms with van der Waals surface area (Å²) < 4.78 is 5.02. The van der Waals surface area contributed by atoms with E-state index >= 15 is 0 Å². The number of pyridine rings is 1. The molecule has 7 nitrogen and oxygen atoms in total. The zero-order valence-corrected chi connectivity index (χ0v) is 14.5. The molecule has 2 amide bonds. The number of carbonyl (C=O) groups excluding carboxylic acids is 2. The highest BCUT2D eigenvalue weighted by Crippen LogP contribution is 2.17. The van der Waals surface area contributed by atoms with Crippen molar-refractivity contribution in [2.24, 2.45) is 0 Å². The molecular weight excluding hydrogens is 308 g/mol.